The monoisotopic (exact) mass is 141 g/mol. The smallest absolute Gasteiger partial charge is 0.127 e. The first kappa shape index (κ1) is 6.49. The zero-order valence-electron chi connectivity index (χ0n) is 5.02. The lowest BCUT2D eigenvalue weighted by Crippen LogP contribution is -1.81. The molecule has 0 unspecified atom stereocenters. The lowest BCUT2D eigenvalue weighted by atomic mass is 10.2. The molecule has 0 aliphatic heterocycles. The third kappa shape index (κ3) is 1.19. The molecule has 0 aromatic heterocycles. The van der Waals surface area contributed by atoms with Crippen LogP contribution in [0.15, 0.2) is 23.1 Å². The molecule has 0 saturated heterocycles. The maximum atomic E-state index is 12.5. The summed E-state index contributed by atoms with van der Waals surface area (Å²) in [6, 6.07) is 4.74. The maximum absolute atomic E-state index is 12.5. The molecule has 2 heteroatoms. The van der Waals surface area contributed by atoms with Gasteiger partial charge in [-0.3, -0.25) is 0 Å². The second-order valence-electron chi connectivity index (χ2n) is 1.86. The van der Waals surface area contributed by atoms with Crippen LogP contribution in [0.1, 0.15) is 5.56 Å². The quantitative estimate of drug-likeness (QED) is 0.521. The second-order valence-corrected chi connectivity index (χ2v) is 2.30. The van der Waals surface area contributed by atoms with Crippen LogP contribution in [0.3, 0.4) is 0 Å². The minimum atomic E-state index is -0.220. The van der Waals surface area contributed by atoms with E-state index >= 15 is 0 Å². The Morgan fingerprint density at radius 3 is 2.56 bits per heavy atom. The SMILES string of the molecule is Cc1c(F)cccc1[S]. The van der Waals surface area contributed by atoms with E-state index < -0.39 is 0 Å². The van der Waals surface area contributed by atoms with Crippen LogP contribution in [0.4, 0.5) is 4.39 Å². The zero-order chi connectivity index (χ0) is 6.85. The molecule has 0 spiro atoms. The topological polar surface area (TPSA) is 0 Å². The minimum absolute atomic E-state index is 0.220. The van der Waals surface area contributed by atoms with Crippen LogP contribution in [0.25, 0.3) is 0 Å². The molecule has 1 aromatic rings. The summed E-state index contributed by atoms with van der Waals surface area (Å²) in [7, 11) is 0. The molecule has 0 aliphatic carbocycles. The van der Waals surface area contributed by atoms with Gasteiger partial charge in [-0.2, -0.15) is 0 Å². The van der Waals surface area contributed by atoms with Crippen LogP contribution in [0.2, 0.25) is 0 Å². The normalized spacial score (nSPS) is 9.56. The Hall–Kier alpha value is -0.630. The van der Waals surface area contributed by atoms with Crippen LogP contribution in [-0.2, 0) is 0 Å². The van der Waals surface area contributed by atoms with E-state index in [4.69, 9.17) is 12.6 Å². The van der Waals surface area contributed by atoms with E-state index in [1.807, 2.05) is 0 Å². The molecule has 0 heterocycles. The molecule has 1 radical (unpaired) electrons. The van der Waals surface area contributed by atoms with Crippen molar-refractivity contribution in [2.24, 2.45) is 0 Å². The lowest BCUT2D eigenvalue weighted by Gasteiger charge is -1.95. The standard InChI is InChI=1S/C7H6FS/c1-5-6(8)3-2-4-7(5)9/h2-4H,1H3. The molecule has 0 nitrogen and oxygen atoms in total. The van der Waals surface area contributed by atoms with Crippen molar-refractivity contribution < 1.29 is 4.39 Å². The zero-order valence-corrected chi connectivity index (χ0v) is 5.83. The highest BCUT2D eigenvalue weighted by Crippen LogP contribution is 2.14. The molecule has 0 fully saturated rings. The van der Waals surface area contributed by atoms with Gasteiger partial charge >= 0.3 is 0 Å². The summed E-state index contributed by atoms with van der Waals surface area (Å²) in [5.41, 5.74) is 0.563. The van der Waals surface area contributed by atoms with Gasteiger partial charge < -0.3 is 0 Å². The van der Waals surface area contributed by atoms with Crippen LogP contribution in [0.5, 0.6) is 0 Å². The van der Waals surface area contributed by atoms with E-state index in [2.05, 4.69) is 0 Å². The number of halogens is 1. The van der Waals surface area contributed by atoms with E-state index in [-0.39, 0.29) is 5.82 Å². The van der Waals surface area contributed by atoms with Gasteiger partial charge in [0.05, 0.1) is 0 Å². The summed E-state index contributed by atoms with van der Waals surface area (Å²) in [6.07, 6.45) is 0. The highest BCUT2D eigenvalue weighted by atomic mass is 32.1. The fourth-order valence-electron chi connectivity index (χ4n) is 0.588. The van der Waals surface area contributed by atoms with Gasteiger partial charge in [0.25, 0.3) is 0 Å². The third-order valence-corrected chi connectivity index (χ3v) is 1.66. The highest BCUT2D eigenvalue weighted by Gasteiger charge is 1.97. The Morgan fingerprint density at radius 1 is 1.44 bits per heavy atom. The Bertz CT molecular complexity index is 200. The van der Waals surface area contributed by atoms with Crippen LogP contribution < -0.4 is 0 Å². The fourth-order valence-corrected chi connectivity index (χ4v) is 0.764. The van der Waals surface area contributed by atoms with Crippen molar-refractivity contribution >= 4 is 12.6 Å². The van der Waals surface area contributed by atoms with Gasteiger partial charge in [-0.1, -0.05) is 18.7 Å². The third-order valence-electron chi connectivity index (χ3n) is 1.22. The average Bonchev–Trinajstić information content (AvgIpc) is 1.83. The van der Waals surface area contributed by atoms with Crippen molar-refractivity contribution in [1.82, 2.24) is 0 Å². The molecule has 0 atom stereocenters. The summed E-state index contributed by atoms with van der Waals surface area (Å²) in [5, 5.41) is 0. The molecular weight excluding hydrogens is 135 g/mol. The van der Waals surface area contributed by atoms with Gasteiger partial charge in [-0.15, -0.1) is 0 Å². The van der Waals surface area contributed by atoms with E-state index in [9.17, 15) is 4.39 Å². The molecule has 0 amide bonds. The van der Waals surface area contributed by atoms with E-state index in [0.29, 0.717) is 10.5 Å². The Labute approximate surface area is 59.1 Å². The van der Waals surface area contributed by atoms with Crippen molar-refractivity contribution in [2.45, 2.75) is 11.8 Å². The molecule has 9 heavy (non-hydrogen) atoms. The Kier molecular flexibility index (Phi) is 1.67. The molecule has 0 aliphatic rings. The average molecular weight is 141 g/mol. The maximum Gasteiger partial charge on any atom is 0.127 e. The van der Waals surface area contributed by atoms with Gasteiger partial charge in [-0.25, -0.2) is 4.39 Å². The first-order chi connectivity index (χ1) is 4.22. The molecule has 0 N–H and O–H groups in total. The molecule has 1 aromatic carbocycles. The first-order valence-electron chi connectivity index (χ1n) is 2.64. The van der Waals surface area contributed by atoms with Gasteiger partial charge in [0.2, 0.25) is 0 Å². The van der Waals surface area contributed by atoms with Gasteiger partial charge in [0.1, 0.15) is 5.82 Å². The van der Waals surface area contributed by atoms with E-state index in [0.717, 1.165) is 0 Å². The highest BCUT2D eigenvalue weighted by molar-refractivity contribution is 7.80. The van der Waals surface area contributed by atoms with Crippen LogP contribution in [0, 0.1) is 12.7 Å². The van der Waals surface area contributed by atoms with Crippen molar-refractivity contribution in [1.29, 1.82) is 0 Å². The summed E-state index contributed by atoms with van der Waals surface area (Å²) in [6.45, 7) is 1.68. The Morgan fingerprint density at radius 2 is 2.11 bits per heavy atom. The summed E-state index contributed by atoms with van der Waals surface area (Å²) in [5.74, 6) is -0.220. The van der Waals surface area contributed by atoms with Crippen LogP contribution in [-0.4, -0.2) is 0 Å². The van der Waals surface area contributed by atoms with Gasteiger partial charge in [-0.05, 0) is 19.1 Å². The van der Waals surface area contributed by atoms with Crippen molar-refractivity contribution in [2.75, 3.05) is 0 Å². The molecule has 0 saturated carbocycles. The largest absolute Gasteiger partial charge is 0.207 e. The fraction of sp³-hybridized carbons (Fsp3) is 0.143. The van der Waals surface area contributed by atoms with Crippen LogP contribution >= 0.6 is 12.6 Å². The molecular formula is C7H6FS. The lowest BCUT2D eigenvalue weighted by molar-refractivity contribution is 0.614. The Balaban J connectivity index is 3.25. The molecule has 47 valence electrons. The van der Waals surface area contributed by atoms with Crippen molar-refractivity contribution in [3.63, 3.8) is 0 Å². The van der Waals surface area contributed by atoms with Crippen molar-refractivity contribution in [3.8, 4) is 0 Å². The number of benzene rings is 1. The molecule has 0 bridgehead atoms. The summed E-state index contributed by atoms with van der Waals surface area (Å²) < 4.78 is 12.5. The number of hydrogen-bond acceptors (Lipinski definition) is 0. The van der Waals surface area contributed by atoms with Gasteiger partial charge in [0.15, 0.2) is 0 Å². The number of hydrogen-bond donors (Lipinski definition) is 0. The van der Waals surface area contributed by atoms with E-state index in [1.54, 1.807) is 19.1 Å². The first-order valence-corrected chi connectivity index (χ1v) is 3.05. The predicted molar refractivity (Wildman–Crippen MR) is 37.0 cm³/mol. The minimum Gasteiger partial charge on any atom is -0.207 e. The summed E-state index contributed by atoms with van der Waals surface area (Å²) >= 11 is 4.80. The van der Waals surface area contributed by atoms with E-state index in [1.165, 1.54) is 6.07 Å². The summed E-state index contributed by atoms with van der Waals surface area (Å²) in [4.78, 5) is 0.593. The van der Waals surface area contributed by atoms with Gasteiger partial charge in [0, 0.05) is 10.5 Å². The van der Waals surface area contributed by atoms with Crippen molar-refractivity contribution in [3.05, 3.63) is 29.6 Å². The molecule has 1 rings (SSSR count). The predicted octanol–water partition coefficient (Wildman–Crippen LogP) is 2.69. The number of rotatable bonds is 0. The second kappa shape index (κ2) is 2.31.